The van der Waals surface area contributed by atoms with Crippen molar-refractivity contribution in [2.75, 3.05) is 14.2 Å². The summed E-state index contributed by atoms with van der Waals surface area (Å²) in [7, 11) is 3.55. The molecule has 4 heteroatoms. The van der Waals surface area contributed by atoms with Gasteiger partial charge in [0, 0.05) is 14.2 Å². The fourth-order valence-corrected chi connectivity index (χ4v) is 4.46. The highest BCUT2D eigenvalue weighted by Crippen LogP contribution is 2.41. The lowest BCUT2D eigenvalue weighted by Gasteiger charge is -2.34. The second kappa shape index (κ2) is 9.64. The average molecular weight is 526 g/mol. The second-order valence-corrected chi connectivity index (χ2v) is 10.7. The molecular formula is C25H34Br2O2. The third-order valence-corrected chi connectivity index (χ3v) is 6.53. The highest BCUT2D eigenvalue weighted by Gasteiger charge is 2.31. The van der Waals surface area contributed by atoms with E-state index < -0.39 is 0 Å². The van der Waals surface area contributed by atoms with Crippen molar-refractivity contribution in [2.45, 2.75) is 60.2 Å². The lowest BCUT2D eigenvalue weighted by Crippen LogP contribution is -2.27. The van der Waals surface area contributed by atoms with Crippen molar-refractivity contribution >= 4 is 31.9 Å². The first-order valence-corrected chi connectivity index (χ1v) is 11.8. The Hall–Kier alpha value is -0.680. The van der Waals surface area contributed by atoms with Crippen molar-refractivity contribution in [3.63, 3.8) is 0 Å². The van der Waals surface area contributed by atoms with Crippen LogP contribution in [0.15, 0.2) is 67.7 Å². The Morgan fingerprint density at radius 1 is 0.724 bits per heavy atom. The van der Waals surface area contributed by atoms with Gasteiger partial charge < -0.3 is 9.47 Å². The van der Waals surface area contributed by atoms with Gasteiger partial charge in [0.15, 0.2) is 0 Å². The predicted molar refractivity (Wildman–Crippen MR) is 131 cm³/mol. The summed E-state index contributed by atoms with van der Waals surface area (Å²) in [4.78, 5) is 3.96. The standard InChI is InChI=1S/C25H34Br2O2/c1-24(2,3)20-10-16(22(28-7)18(12-20)14-26)9-17-11-21(25(4,5)6)13-19(15-27)23(17)29-8/h10-15,22-23H,9H2,1-8H3. The zero-order valence-electron chi connectivity index (χ0n) is 18.9. The molecule has 0 fully saturated rings. The maximum absolute atomic E-state index is 5.91. The fourth-order valence-electron chi connectivity index (χ4n) is 3.71. The molecule has 0 N–H and O–H groups in total. The van der Waals surface area contributed by atoms with Gasteiger partial charge in [0.2, 0.25) is 0 Å². The summed E-state index contributed by atoms with van der Waals surface area (Å²) < 4.78 is 11.8. The van der Waals surface area contributed by atoms with E-state index in [-0.39, 0.29) is 23.0 Å². The molecule has 0 aromatic rings. The summed E-state index contributed by atoms with van der Waals surface area (Å²) >= 11 is 7.09. The van der Waals surface area contributed by atoms with Gasteiger partial charge in [-0.25, -0.2) is 0 Å². The molecule has 0 amide bonds. The van der Waals surface area contributed by atoms with Crippen LogP contribution in [-0.4, -0.2) is 26.4 Å². The molecular weight excluding hydrogens is 492 g/mol. The normalized spacial score (nSPS) is 26.3. The van der Waals surface area contributed by atoms with Crippen LogP contribution in [0.5, 0.6) is 0 Å². The molecule has 0 bridgehead atoms. The average Bonchev–Trinajstić information content (AvgIpc) is 2.64. The van der Waals surface area contributed by atoms with E-state index in [2.05, 4.69) is 97.7 Å². The van der Waals surface area contributed by atoms with Crippen LogP contribution in [0.3, 0.4) is 0 Å². The van der Waals surface area contributed by atoms with Gasteiger partial charge in [0.1, 0.15) is 12.2 Å². The van der Waals surface area contributed by atoms with Crippen molar-refractivity contribution in [3.05, 3.63) is 67.7 Å². The molecule has 0 spiro atoms. The highest BCUT2D eigenvalue weighted by molar-refractivity contribution is 9.11. The molecule has 29 heavy (non-hydrogen) atoms. The van der Waals surface area contributed by atoms with E-state index in [1.807, 2.05) is 9.97 Å². The molecule has 2 rings (SSSR count). The first-order valence-electron chi connectivity index (χ1n) is 9.97. The van der Waals surface area contributed by atoms with Crippen LogP contribution in [0.4, 0.5) is 0 Å². The summed E-state index contributed by atoms with van der Waals surface area (Å²) in [6.07, 6.45) is 9.76. The highest BCUT2D eigenvalue weighted by atomic mass is 79.9. The van der Waals surface area contributed by atoms with Crippen LogP contribution in [0.1, 0.15) is 48.0 Å². The fraction of sp³-hybridized carbons (Fsp3) is 0.520. The topological polar surface area (TPSA) is 18.5 Å². The Morgan fingerprint density at radius 2 is 1.07 bits per heavy atom. The molecule has 0 aromatic heterocycles. The van der Waals surface area contributed by atoms with Gasteiger partial charge in [0.25, 0.3) is 0 Å². The Labute approximate surface area is 193 Å². The van der Waals surface area contributed by atoms with E-state index >= 15 is 0 Å². The van der Waals surface area contributed by atoms with Crippen LogP contribution < -0.4 is 0 Å². The molecule has 0 heterocycles. The van der Waals surface area contributed by atoms with E-state index in [1.54, 1.807) is 14.2 Å². The van der Waals surface area contributed by atoms with Gasteiger partial charge in [-0.3, -0.25) is 0 Å². The molecule has 2 atom stereocenters. The lowest BCUT2D eigenvalue weighted by molar-refractivity contribution is 0.148. The minimum Gasteiger partial charge on any atom is -0.372 e. The smallest absolute Gasteiger partial charge is 0.104 e. The molecule has 2 aliphatic rings. The third-order valence-electron chi connectivity index (χ3n) is 5.47. The molecule has 2 unspecified atom stereocenters. The SMILES string of the molecule is COC1C(=CBr)C=C(C(C)(C)C)C=C1CC1=CC(C(C)(C)C)=CC(=CBr)C1OC. The van der Waals surface area contributed by atoms with E-state index in [0.717, 1.165) is 17.6 Å². The number of halogens is 2. The Morgan fingerprint density at radius 3 is 1.31 bits per heavy atom. The zero-order valence-corrected chi connectivity index (χ0v) is 22.1. The number of allylic oxidation sites excluding steroid dienone is 4. The monoisotopic (exact) mass is 524 g/mol. The van der Waals surface area contributed by atoms with Gasteiger partial charge in [-0.1, -0.05) is 97.7 Å². The Kier molecular flexibility index (Phi) is 8.17. The number of rotatable bonds is 4. The molecule has 0 aromatic carbocycles. The third kappa shape index (κ3) is 5.72. The van der Waals surface area contributed by atoms with Crippen molar-refractivity contribution in [2.24, 2.45) is 10.8 Å². The van der Waals surface area contributed by atoms with E-state index in [9.17, 15) is 0 Å². The quantitative estimate of drug-likeness (QED) is 0.373. The lowest BCUT2D eigenvalue weighted by atomic mass is 9.75. The molecule has 2 nitrogen and oxygen atoms in total. The van der Waals surface area contributed by atoms with Gasteiger partial charge in [0.05, 0.1) is 0 Å². The van der Waals surface area contributed by atoms with Gasteiger partial charge in [-0.2, -0.15) is 0 Å². The van der Waals surface area contributed by atoms with E-state index in [1.165, 1.54) is 22.3 Å². The minimum atomic E-state index is -0.0701. The number of hydrogen-bond donors (Lipinski definition) is 0. The predicted octanol–water partition coefficient (Wildman–Crippen LogP) is 7.79. The van der Waals surface area contributed by atoms with E-state index in [0.29, 0.717) is 0 Å². The number of hydrogen-bond acceptors (Lipinski definition) is 2. The summed E-state index contributed by atoms with van der Waals surface area (Å²) in [5, 5.41) is 0. The second-order valence-electron chi connectivity index (χ2n) is 9.76. The number of methoxy groups -OCH3 is 2. The first kappa shape index (κ1) is 24.6. The molecule has 0 aliphatic heterocycles. The molecule has 0 saturated heterocycles. The van der Waals surface area contributed by atoms with E-state index in [4.69, 9.17) is 9.47 Å². The van der Waals surface area contributed by atoms with Gasteiger partial charge in [-0.05, 0) is 60.7 Å². The van der Waals surface area contributed by atoms with Crippen molar-refractivity contribution in [1.29, 1.82) is 0 Å². The summed E-state index contributed by atoms with van der Waals surface area (Å²) in [6.45, 7) is 13.5. The van der Waals surface area contributed by atoms with Gasteiger partial charge in [-0.15, -0.1) is 0 Å². The number of ether oxygens (including phenoxy) is 2. The van der Waals surface area contributed by atoms with Crippen molar-refractivity contribution in [1.82, 2.24) is 0 Å². The van der Waals surface area contributed by atoms with Crippen LogP contribution in [0.25, 0.3) is 0 Å². The van der Waals surface area contributed by atoms with Crippen molar-refractivity contribution in [3.8, 4) is 0 Å². The molecule has 2 aliphatic carbocycles. The Balaban J connectivity index is 2.55. The Bertz CT molecular complexity index is 741. The minimum absolute atomic E-state index is 0.0597. The van der Waals surface area contributed by atoms with Crippen molar-refractivity contribution < 1.29 is 9.47 Å². The zero-order chi connectivity index (χ0) is 22.0. The molecule has 0 saturated carbocycles. The summed E-state index contributed by atoms with van der Waals surface area (Å²) in [5.74, 6) is 0. The summed E-state index contributed by atoms with van der Waals surface area (Å²) in [5.41, 5.74) is 7.52. The first-order chi connectivity index (χ1) is 13.5. The van der Waals surface area contributed by atoms with Crippen LogP contribution in [-0.2, 0) is 9.47 Å². The molecule has 160 valence electrons. The maximum atomic E-state index is 5.91. The van der Waals surface area contributed by atoms with Gasteiger partial charge >= 0.3 is 0 Å². The largest absolute Gasteiger partial charge is 0.372 e. The van der Waals surface area contributed by atoms with Crippen LogP contribution in [0, 0.1) is 10.8 Å². The maximum Gasteiger partial charge on any atom is 0.104 e. The van der Waals surface area contributed by atoms with Crippen LogP contribution in [0.2, 0.25) is 0 Å². The summed E-state index contributed by atoms with van der Waals surface area (Å²) in [6, 6.07) is 0. The van der Waals surface area contributed by atoms with Crippen LogP contribution >= 0.6 is 31.9 Å². The molecule has 0 radical (unpaired) electrons.